The quantitative estimate of drug-likeness (QED) is 0.888. The van der Waals surface area contributed by atoms with Crippen LogP contribution < -0.4 is 4.90 Å². The van der Waals surface area contributed by atoms with E-state index in [1.807, 2.05) is 6.07 Å². The summed E-state index contributed by atoms with van der Waals surface area (Å²) in [6.07, 6.45) is 10.7. The molecule has 1 aromatic rings. The van der Waals surface area contributed by atoms with Crippen LogP contribution in [0.1, 0.15) is 48.9 Å². The number of anilines is 1. The minimum Gasteiger partial charge on any atom is -0.478 e. The number of piperidine rings is 1. The second-order valence-electron chi connectivity index (χ2n) is 5.65. The van der Waals surface area contributed by atoms with Gasteiger partial charge in [0.2, 0.25) is 0 Å². The number of aromatic nitrogens is 1. The number of hydrogen-bond acceptors (Lipinski definition) is 3. The second kappa shape index (κ2) is 5.19. The van der Waals surface area contributed by atoms with Crippen LogP contribution in [0.3, 0.4) is 0 Å². The first-order valence-electron chi connectivity index (χ1n) is 7.21. The molecule has 19 heavy (non-hydrogen) atoms. The van der Waals surface area contributed by atoms with Gasteiger partial charge < -0.3 is 10.0 Å². The molecule has 0 bridgehead atoms. The van der Waals surface area contributed by atoms with Crippen LogP contribution in [0.5, 0.6) is 0 Å². The van der Waals surface area contributed by atoms with E-state index in [4.69, 9.17) is 0 Å². The number of rotatable bonds is 2. The zero-order chi connectivity index (χ0) is 13.2. The van der Waals surface area contributed by atoms with Gasteiger partial charge in [-0.25, -0.2) is 4.79 Å². The Kier molecular flexibility index (Phi) is 3.40. The van der Waals surface area contributed by atoms with Crippen molar-refractivity contribution in [1.82, 2.24) is 4.98 Å². The van der Waals surface area contributed by atoms with Gasteiger partial charge in [-0.05, 0) is 37.7 Å². The summed E-state index contributed by atoms with van der Waals surface area (Å²) in [7, 11) is 0. The van der Waals surface area contributed by atoms with Crippen LogP contribution >= 0.6 is 0 Å². The summed E-state index contributed by atoms with van der Waals surface area (Å²) in [5.41, 5.74) is 1.20. The highest BCUT2D eigenvalue weighted by Crippen LogP contribution is 2.38. The molecule has 1 saturated carbocycles. The van der Waals surface area contributed by atoms with Crippen molar-refractivity contribution in [2.24, 2.45) is 5.92 Å². The van der Waals surface area contributed by atoms with Gasteiger partial charge in [-0.3, -0.25) is 4.98 Å². The number of pyridine rings is 1. The van der Waals surface area contributed by atoms with Crippen molar-refractivity contribution in [1.29, 1.82) is 0 Å². The summed E-state index contributed by atoms with van der Waals surface area (Å²) in [4.78, 5) is 17.6. The first-order chi connectivity index (χ1) is 9.27. The van der Waals surface area contributed by atoms with Crippen LogP contribution in [-0.4, -0.2) is 28.6 Å². The maximum Gasteiger partial charge on any atom is 0.339 e. The lowest BCUT2D eigenvalue weighted by molar-refractivity contribution is 0.0696. The largest absolute Gasteiger partial charge is 0.478 e. The van der Waals surface area contributed by atoms with Gasteiger partial charge in [-0.1, -0.05) is 12.8 Å². The van der Waals surface area contributed by atoms with Crippen LogP contribution in [0.15, 0.2) is 18.5 Å². The van der Waals surface area contributed by atoms with E-state index in [1.54, 1.807) is 6.20 Å². The van der Waals surface area contributed by atoms with Crippen molar-refractivity contribution in [2.45, 2.75) is 44.6 Å². The van der Waals surface area contributed by atoms with E-state index >= 15 is 0 Å². The monoisotopic (exact) mass is 260 g/mol. The molecule has 1 aromatic heterocycles. The van der Waals surface area contributed by atoms with Crippen LogP contribution in [0.25, 0.3) is 0 Å². The molecule has 2 atom stereocenters. The van der Waals surface area contributed by atoms with Crippen molar-refractivity contribution in [3.8, 4) is 0 Å². The molecule has 2 unspecified atom stereocenters. The Morgan fingerprint density at radius 1 is 1.26 bits per heavy atom. The third-order valence-electron chi connectivity index (χ3n) is 4.58. The normalized spacial score (nSPS) is 26.8. The highest BCUT2D eigenvalue weighted by Gasteiger charge is 2.34. The average molecular weight is 260 g/mol. The summed E-state index contributed by atoms with van der Waals surface area (Å²) >= 11 is 0. The molecule has 1 aliphatic carbocycles. The number of carboxylic acids is 1. The minimum atomic E-state index is -0.874. The third-order valence-corrected chi connectivity index (χ3v) is 4.58. The molecule has 102 valence electrons. The topological polar surface area (TPSA) is 53.4 Å². The van der Waals surface area contributed by atoms with E-state index in [1.165, 1.54) is 44.7 Å². The Bertz CT molecular complexity index is 473. The Hall–Kier alpha value is -1.58. The van der Waals surface area contributed by atoms with Gasteiger partial charge in [0.25, 0.3) is 0 Å². The molecule has 4 heteroatoms. The molecule has 2 aliphatic rings. The van der Waals surface area contributed by atoms with Crippen LogP contribution in [-0.2, 0) is 0 Å². The Balaban J connectivity index is 1.94. The van der Waals surface area contributed by atoms with E-state index in [0.717, 1.165) is 18.2 Å². The number of aromatic carboxylic acids is 1. The van der Waals surface area contributed by atoms with Crippen molar-refractivity contribution in [2.75, 3.05) is 11.4 Å². The van der Waals surface area contributed by atoms with E-state index in [9.17, 15) is 9.90 Å². The molecule has 1 saturated heterocycles. The molecule has 4 nitrogen and oxygen atoms in total. The van der Waals surface area contributed by atoms with E-state index in [-0.39, 0.29) is 0 Å². The lowest BCUT2D eigenvalue weighted by atomic mass is 9.78. The standard InChI is InChI=1S/C15H20N2O2/c18-15(19)12-10-16-8-7-14(12)17-9-3-5-11-4-1-2-6-13(11)17/h7-8,10-11,13H,1-6,9H2,(H,18,19). The van der Waals surface area contributed by atoms with E-state index in [2.05, 4.69) is 9.88 Å². The van der Waals surface area contributed by atoms with Crippen molar-refractivity contribution in [3.05, 3.63) is 24.0 Å². The van der Waals surface area contributed by atoms with E-state index < -0.39 is 5.97 Å². The van der Waals surface area contributed by atoms with Crippen molar-refractivity contribution in [3.63, 3.8) is 0 Å². The lowest BCUT2D eigenvalue weighted by Crippen LogP contribution is -2.47. The van der Waals surface area contributed by atoms with Gasteiger partial charge in [0, 0.05) is 25.0 Å². The Morgan fingerprint density at radius 2 is 2.05 bits per heavy atom. The molecular formula is C15H20N2O2. The molecule has 0 radical (unpaired) electrons. The van der Waals surface area contributed by atoms with E-state index in [0.29, 0.717) is 11.6 Å². The fourth-order valence-electron chi connectivity index (χ4n) is 3.73. The fourth-order valence-corrected chi connectivity index (χ4v) is 3.73. The van der Waals surface area contributed by atoms with Gasteiger partial charge >= 0.3 is 5.97 Å². The van der Waals surface area contributed by atoms with Crippen molar-refractivity contribution < 1.29 is 9.90 Å². The summed E-state index contributed by atoms with van der Waals surface area (Å²) in [5.74, 6) is -0.127. The Morgan fingerprint density at radius 3 is 2.89 bits per heavy atom. The van der Waals surface area contributed by atoms with Gasteiger partial charge in [-0.15, -0.1) is 0 Å². The molecule has 2 fully saturated rings. The summed E-state index contributed by atoms with van der Waals surface area (Å²) in [6.45, 7) is 0.978. The summed E-state index contributed by atoms with van der Waals surface area (Å²) < 4.78 is 0. The maximum absolute atomic E-state index is 11.4. The molecule has 1 aliphatic heterocycles. The number of nitrogens with zero attached hydrogens (tertiary/aromatic N) is 2. The number of carboxylic acid groups (broad SMARTS) is 1. The molecular weight excluding hydrogens is 240 g/mol. The van der Waals surface area contributed by atoms with Gasteiger partial charge in [-0.2, -0.15) is 0 Å². The van der Waals surface area contributed by atoms with Gasteiger partial charge in [0.05, 0.1) is 5.69 Å². The lowest BCUT2D eigenvalue weighted by Gasteiger charge is -2.45. The molecule has 0 aromatic carbocycles. The average Bonchev–Trinajstić information content (AvgIpc) is 2.46. The van der Waals surface area contributed by atoms with Crippen molar-refractivity contribution >= 4 is 11.7 Å². The smallest absolute Gasteiger partial charge is 0.339 e. The predicted molar refractivity (Wildman–Crippen MR) is 73.5 cm³/mol. The number of hydrogen-bond donors (Lipinski definition) is 1. The number of carbonyl (C=O) groups is 1. The fraction of sp³-hybridized carbons (Fsp3) is 0.600. The van der Waals surface area contributed by atoms with Gasteiger partial charge in [0.15, 0.2) is 0 Å². The highest BCUT2D eigenvalue weighted by molar-refractivity contribution is 5.94. The molecule has 0 amide bonds. The van der Waals surface area contributed by atoms with Crippen LogP contribution in [0, 0.1) is 5.92 Å². The van der Waals surface area contributed by atoms with Gasteiger partial charge in [0.1, 0.15) is 5.56 Å². The highest BCUT2D eigenvalue weighted by atomic mass is 16.4. The molecule has 2 heterocycles. The first kappa shape index (κ1) is 12.5. The zero-order valence-electron chi connectivity index (χ0n) is 11.1. The predicted octanol–water partition coefficient (Wildman–Crippen LogP) is 2.94. The molecule has 3 rings (SSSR count). The summed E-state index contributed by atoms with van der Waals surface area (Å²) in [5, 5.41) is 9.33. The second-order valence-corrected chi connectivity index (χ2v) is 5.65. The van der Waals surface area contributed by atoms with Crippen LogP contribution in [0.4, 0.5) is 5.69 Å². The minimum absolute atomic E-state index is 0.341. The third kappa shape index (κ3) is 2.31. The zero-order valence-corrected chi connectivity index (χ0v) is 11.1. The summed E-state index contributed by atoms with van der Waals surface area (Å²) in [6, 6.07) is 2.39. The molecule has 0 spiro atoms. The first-order valence-corrected chi connectivity index (χ1v) is 7.21. The maximum atomic E-state index is 11.4. The Labute approximate surface area is 113 Å². The number of fused-ring (bicyclic) bond motifs is 1. The van der Waals surface area contributed by atoms with Crippen LogP contribution in [0.2, 0.25) is 0 Å². The SMILES string of the molecule is O=C(O)c1cnccc1N1CCCC2CCCCC21. The molecule has 1 N–H and O–H groups in total.